The molecular formula is C15H25N3S. The fraction of sp³-hybridized carbons (Fsp3) is 0.800. The maximum atomic E-state index is 4.89. The summed E-state index contributed by atoms with van der Waals surface area (Å²) in [7, 11) is 0. The third-order valence-electron chi connectivity index (χ3n) is 4.66. The Morgan fingerprint density at radius 3 is 2.47 bits per heavy atom. The monoisotopic (exact) mass is 279 g/mol. The van der Waals surface area contributed by atoms with Crippen molar-refractivity contribution in [3.8, 4) is 0 Å². The van der Waals surface area contributed by atoms with Crippen molar-refractivity contribution in [3.63, 3.8) is 0 Å². The Balaban J connectivity index is 1.79. The van der Waals surface area contributed by atoms with Crippen LogP contribution in [0.3, 0.4) is 0 Å². The quantitative estimate of drug-likeness (QED) is 0.918. The smallest absolute Gasteiger partial charge is 0.186 e. The molecule has 0 spiro atoms. The number of nitrogens with one attached hydrogen (secondary N) is 1. The molecule has 0 amide bonds. The van der Waals surface area contributed by atoms with Crippen molar-refractivity contribution in [2.24, 2.45) is 0 Å². The predicted octanol–water partition coefficient (Wildman–Crippen LogP) is 3.12. The van der Waals surface area contributed by atoms with E-state index in [1.807, 2.05) is 11.3 Å². The molecule has 2 unspecified atom stereocenters. The molecule has 19 heavy (non-hydrogen) atoms. The summed E-state index contributed by atoms with van der Waals surface area (Å²) in [5.41, 5.74) is 1.30. The summed E-state index contributed by atoms with van der Waals surface area (Å²) in [4.78, 5) is 8.94. The first-order valence-electron chi connectivity index (χ1n) is 7.70. The van der Waals surface area contributed by atoms with E-state index in [1.165, 1.54) is 41.4 Å². The normalized spacial score (nSPS) is 30.1. The Kier molecular flexibility index (Phi) is 3.81. The molecule has 3 nitrogen and oxygen atoms in total. The van der Waals surface area contributed by atoms with Crippen molar-refractivity contribution < 1.29 is 0 Å². The van der Waals surface area contributed by atoms with Crippen molar-refractivity contribution in [1.29, 1.82) is 0 Å². The molecule has 0 radical (unpaired) electrons. The van der Waals surface area contributed by atoms with Gasteiger partial charge in [0.25, 0.3) is 0 Å². The number of thiazole rings is 1. The van der Waals surface area contributed by atoms with Gasteiger partial charge >= 0.3 is 0 Å². The summed E-state index contributed by atoms with van der Waals surface area (Å²) in [6, 6.07) is 2.17. The summed E-state index contributed by atoms with van der Waals surface area (Å²) < 4.78 is 0. The Bertz CT molecular complexity index is 429. The van der Waals surface area contributed by atoms with Gasteiger partial charge in [-0.1, -0.05) is 13.8 Å². The van der Waals surface area contributed by atoms with E-state index in [1.54, 1.807) is 0 Å². The number of piperidine rings is 1. The molecule has 1 aromatic heterocycles. The average Bonchev–Trinajstić information content (AvgIpc) is 2.88. The number of fused-ring (bicyclic) bond motifs is 2. The van der Waals surface area contributed by atoms with Gasteiger partial charge in [-0.15, -0.1) is 11.3 Å². The van der Waals surface area contributed by atoms with Crippen molar-refractivity contribution >= 4 is 16.5 Å². The van der Waals surface area contributed by atoms with Crippen LogP contribution in [0, 0.1) is 6.92 Å². The second-order valence-corrected chi connectivity index (χ2v) is 7.05. The summed E-state index contributed by atoms with van der Waals surface area (Å²) in [6.45, 7) is 7.73. The lowest BCUT2D eigenvalue weighted by Gasteiger charge is -2.39. The molecule has 3 heterocycles. The molecule has 1 aromatic rings. The third kappa shape index (κ3) is 2.40. The fourth-order valence-corrected chi connectivity index (χ4v) is 4.94. The van der Waals surface area contributed by atoms with Crippen LogP contribution in [0.5, 0.6) is 0 Å². The van der Waals surface area contributed by atoms with Gasteiger partial charge in [-0.2, -0.15) is 0 Å². The van der Waals surface area contributed by atoms with E-state index in [0.717, 1.165) is 31.1 Å². The SMILES string of the molecule is CCNC1CC2CCC(C1)N2c1nc(CC)c(C)s1. The minimum absolute atomic E-state index is 0.720. The maximum Gasteiger partial charge on any atom is 0.186 e. The van der Waals surface area contributed by atoms with E-state index in [4.69, 9.17) is 4.98 Å². The van der Waals surface area contributed by atoms with Crippen molar-refractivity contribution in [2.75, 3.05) is 11.4 Å². The van der Waals surface area contributed by atoms with Gasteiger partial charge in [-0.25, -0.2) is 4.98 Å². The number of anilines is 1. The van der Waals surface area contributed by atoms with Gasteiger partial charge < -0.3 is 10.2 Å². The molecule has 2 saturated heterocycles. The van der Waals surface area contributed by atoms with E-state index >= 15 is 0 Å². The number of hydrogen-bond acceptors (Lipinski definition) is 4. The van der Waals surface area contributed by atoms with Crippen LogP contribution in [0.25, 0.3) is 0 Å². The summed E-state index contributed by atoms with van der Waals surface area (Å²) >= 11 is 1.90. The standard InChI is InChI=1S/C15H25N3S/c1-4-14-10(3)19-15(17-14)18-12-6-7-13(18)9-11(8-12)16-5-2/h11-13,16H,4-9H2,1-3H3. The number of aromatic nitrogens is 1. The first kappa shape index (κ1) is 13.4. The fourth-order valence-electron chi connectivity index (χ4n) is 3.80. The van der Waals surface area contributed by atoms with E-state index in [9.17, 15) is 0 Å². The topological polar surface area (TPSA) is 28.2 Å². The van der Waals surface area contributed by atoms with Crippen LogP contribution in [0.2, 0.25) is 0 Å². The van der Waals surface area contributed by atoms with Crippen molar-refractivity contribution in [2.45, 2.75) is 71.0 Å². The Labute approximate surface area is 120 Å². The second-order valence-electron chi connectivity index (χ2n) is 5.87. The molecule has 2 atom stereocenters. The number of aryl methyl sites for hydroxylation is 2. The maximum absolute atomic E-state index is 4.89. The van der Waals surface area contributed by atoms with Crippen LogP contribution in [0.4, 0.5) is 5.13 Å². The summed E-state index contributed by atoms with van der Waals surface area (Å²) in [6.07, 6.45) is 6.36. The predicted molar refractivity (Wildman–Crippen MR) is 82.2 cm³/mol. The Hall–Kier alpha value is -0.610. The van der Waals surface area contributed by atoms with Gasteiger partial charge in [0, 0.05) is 23.0 Å². The molecule has 2 fully saturated rings. The molecular weight excluding hydrogens is 254 g/mol. The number of hydrogen-bond donors (Lipinski definition) is 1. The molecule has 106 valence electrons. The van der Waals surface area contributed by atoms with Crippen LogP contribution >= 0.6 is 11.3 Å². The first-order chi connectivity index (χ1) is 9.22. The Morgan fingerprint density at radius 1 is 1.26 bits per heavy atom. The highest BCUT2D eigenvalue weighted by molar-refractivity contribution is 7.15. The average molecular weight is 279 g/mol. The minimum Gasteiger partial charge on any atom is -0.342 e. The van der Waals surface area contributed by atoms with Gasteiger partial charge in [-0.05, 0) is 45.6 Å². The zero-order valence-corrected chi connectivity index (χ0v) is 13.1. The number of rotatable bonds is 4. The van der Waals surface area contributed by atoms with Gasteiger partial charge in [0.2, 0.25) is 0 Å². The highest BCUT2D eigenvalue weighted by Crippen LogP contribution is 2.41. The van der Waals surface area contributed by atoms with Gasteiger partial charge in [0.15, 0.2) is 5.13 Å². The molecule has 0 saturated carbocycles. The van der Waals surface area contributed by atoms with Gasteiger partial charge in [0.05, 0.1) is 5.69 Å². The second kappa shape index (κ2) is 5.41. The van der Waals surface area contributed by atoms with Crippen LogP contribution in [0.15, 0.2) is 0 Å². The van der Waals surface area contributed by atoms with Crippen molar-refractivity contribution in [1.82, 2.24) is 10.3 Å². The van der Waals surface area contributed by atoms with E-state index < -0.39 is 0 Å². The van der Waals surface area contributed by atoms with Crippen LogP contribution in [-0.2, 0) is 6.42 Å². The van der Waals surface area contributed by atoms with Crippen LogP contribution in [-0.4, -0.2) is 29.7 Å². The molecule has 2 bridgehead atoms. The van der Waals surface area contributed by atoms with Gasteiger partial charge in [0.1, 0.15) is 0 Å². The largest absolute Gasteiger partial charge is 0.342 e. The van der Waals surface area contributed by atoms with Crippen LogP contribution < -0.4 is 10.2 Å². The van der Waals surface area contributed by atoms with Crippen molar-refractivity contribution in [3.05, 3.63) is 10.6 Å². The summed E-state index contributed by atoms with van der Waals surface area (Å²) in [5, 5.41) is 4.93. The highest BCUT2D eigenvalue weighted by atomic mass is 32.1. The molecule has 4 heteroatoms. The Morgan fingerprint density at radius 2 is 1.95 bits per heavy atom. The first-order valence-corrected chi connectivity index (χ1v) is 8.52. The molecule has 0 aromatic carbocycles. The van der Waals surface area contributed by atoms with Gasteiger partial charge in [-0.3, -0.25) is 0 Å². The molecule has 1 N–H and O–H groups in total. The number of nitrogens with zero attached hydrogens (tertiary/aromatic N) is 2. The summed E-state index contributed by atoms with van der Waals surface area (Å²) in [5.74, 6) is 0. The lowest BCUT2D eigenvalue weighted by atomic mass is 9.98. The van der Waals surface area contributed by atoms with E-state index in [-0.39, 0.29) is 0 Å². The zero-order valence-electron chi connectivity index (χ0n) is 12.3. The lowest BCUT2D eigenvalue weighted by Crippen LogP contribution is -2.49. The highest BCUT2D eigenvalue weighted by Gasteiger charge is 2.41. The molecule has 2 aliphatic heterocycles. The molecule has 0 aliphatic carbocycles. The third-order valence-corrected chi connectivity index (χ3v) is 5.69. The zero-order chi connectivity index (χ0) is 13.4. The van der Waals surface area contributed by atoms with Crippen LogP contribution in [0.1, 0.15) is 50.1 Å². The minimum atomic E-state index is 0.720. The van der Waals surface area contributed by atoms with E-state index in [2.05, 4.69) is 31.0 Å². The lowest BCUT2D eigenvalue weighted by molar-refractivity contribution is 0.361. The molecule has 3 rings (SSSR count). The van der Waals surface area contributed by atoms with E-state index in [0.29, 0.717) is 0 Å². The molecule has 2 aliphatic rings.